The van der Waals surface area contributed by atoms with Gasteiger partial charge in [0.15, 0.2) is 0 Å². The number of amides is 13. The van der Waals surface area contributed by atoms with Crippen LogP contribution in [0.4, 0.5) is 42.9 Å². The van der Waals surface area contributed by atoms with Crippen LogP contribution in [0, 0.1) is 40.9 Å². The molecule has 0 saturated carbocycles. The van der Waals surface area contributed by atoms with Crippen molar-refractivity contribution in [1.82, 2.24) is 70.7 Å². The van der Waals surface area contributed by atoms with E-state index < -0.39 is 312 Å². The predicted molar refractivity (Wildman–Crippen MR) is 436 cm³/mol. The molecule has 125 heavy (non-hydrogen) atoms. The van der Waals surface area contributed by atoms with Crippen molar-refractivity contribution in [2.24, 2.45) is 11.8 Å². The van der Waals surface area contributed by atoms with Gasteiger partial charge in [-0.05, 0) is 168 Å². The van der Waals surface area contributed by atoms with Gasteiger partial charge in [-0.3, -0.25) is 48.5 Å². The van der Waals surface area contributed by atoms with Crippen molar-refractivity contribution in [3.05, 3.63) is 129 Å². The number of benzene rings is 4. The van der Waals surface area contributed by atoms with Crippen LogP contribution in [-0.4, -0.2) is 284 Å². The van der Waals surface area contributed by atoms with E-state index in [1.165, 1.54) is 52.8 Å². The lowest BCUT2D eigenvalue weighted by Crippen LogP contribution is -2.63. The number of aliphatic hydroxyl groups is 1. The predicted octanol–water partition coefficient (Wildman–Crippen LogP) is 1.75. The number of carbonyl (C=O) groups is 13. The maximum atomic E-state index is 15.8. The number of nitrogens with zero attached hydrogens (tertiary/aromatic N) is 6. The second-order valence-corrected chi connectivity index (χ2v) is 37.4. The Hall–Kier alpha value is -10.4. The minimum atomic E-state index is -4.69. The van der Waals surface area contributed by atoms with Crippen molar-refractivity contribution in [1.29, 1.82) is 0 Å². The number of ether oxygens (including phenoxy) is 2. The summed E-state index contributed by atoms with van der Waals surface area (Å²) >= 11 is 11.9. The van der Waals surface area contributed by atoms with Gasteiger partial charge < -0.3 is 81.2 Å². The lowest BCUT2D eigenvalue weighted by Gasteiger charge is -2.42. The van der Waals surface area contributed by atoms with Gasteiger partial charge in [0, 0.05) is 80.3 Å². The van der Waals surface area contributed by atoms with E-state index in [4.69, 9.17) is 32.7 Å². The van der Waals surface area contributed by atoms with Crippen molar-refractivity contribution in [2.45, 2.75) is 195 Å². The van der Waals surface area contributed by atoms with Crippen LogP contribution >= 0.6 is 23.2 Å². The summed E-state index contributed by atoms with van der Waals surface area (Å²) < 4.78 is 147. The quantitative estimate of drug-likeness (QED) is 0.0470. The van der Waals surface area contributed by atoms with Gasteiger partial charge in [-0.15, -0.1) is 0 Å². The van der Waals surface area contributed by atoms with E-state index in [1.54, 1.807) is 6.92 Å². The average molecular weight is 1830 g/mol. The monoisotopic (exact) mass is 1830 g/mol. The molecule has 11 N–H and O–H groups in total. The van der Waals surface area contributed by atoms with E-state index in [9.17, 15) is 73.5 Å². The third-order valence-electron chi connectivity index (χ3n) is 23.4. The highest BCUT2D eigenvalue weighted by Gasteiger charge is 2.52. The highest BCUT2D eigenvalue weighted by molar-refractivity contribution is 7.89. The Morgan fingerprint density at radius 3 is 1.58 bits per heavy atom. The molecular weight excluding hydrogens is 1740 g/mol. The standard InChI is InChI=1S/C80H97Cl2F5N16O20S2/c1-40-22-65-77(114)122-38-59(91-68(105)58(27-45-24-49(84)31-50(85)25-45)95-80(117)93-56-17-15-47(82)30-54(56)87)74(111)103-37-52(33-64(103)76(113)99-20-8-6-12-61(99)69(106)88-41(2)71(108)100(65)34-40)97-125(120,121)21-18-44-28-66-78(115)123-39-60(90-67(104)57(26-43-10-9-11-48(83)23-43)94-79(116)92-55-16-14-46(81)29-53(55)86)73(110)102-36-51(96-124(4,118)119)32-63(102)75(112)98-19-7-5-13-62(98)70(107)89-42(3)72(109)101(66)35-44/h9-11,14-17,23-25,29-31,40-42,44,51-52,57-66,69,88,96-97,106H,5-8,12-13,18-22,26-28,32-39H2,1-4H3,(H,89,107)(H,90,104)(H,91,105)(H2,92,94,116)(H2,93,95,117)/t40-,41+,42+,44-,51?,52?,57+,58+,59+,60+,61+,62+,63+,64+,65+,66+,69?/m1/s1. The van der Waals surface area contributed by atoms with E-state index in [1.807, 2.05) is 0 Å². The normalized spacial score (nSPS) is 27.5. The van der Waals surface area contributed by atoms with Crippen LogP contribution in [0.3, 0.4) is 0 Å². The lowest BCUT2D eigenvalue weighted by atomic mass is 9.98. The lowest BCUT2D eigenvalue weighted by molar-refractivity contribution is -0.159. The molecule has 4 aromatic rings. The number of cyclic esters (lactones) is 2. The summed E-state index contributed by atoms with van der Waals surface area (Å²) in [5.74, 6) is -18.5. The van der Waals surface area contributed by atoms with Crippen molar-refractivity contribution >= 4 is 132 Å². The Bertz CT molecular complexity index is 5080. The molecule has 8 aliphatic heterocycles. The van der Waals surface area contributed by atoms with Crippen LogP contribution in [0.2, 0.25) is 10.0 Å². The van der Waals surface area contributed by atoms with E-state index in [-0.39, 0.29) is 66.0 Å². The fraction of sp³-hybridized carbons (Fsp3) is 0.537. The summed E-state index contributed by atoms with van der Waals surface area (Å²) in [5.41, 5.74) is -0.985. The molecule has 13 amide bonds. The van der Waals surface area contributed by atoms with Crippen LogP contribution in [0.1, 0.15) is 103 Å². The Balaban J connectivity index is 0.830. The van der Waals surface area contributed by atoms with Crippen LogP contribution in [0.5, 0.6) is 0 Å². The number of halogens is 7. The summed E-state index contributed by atoms with van der Waals surface area (Å²) in [6, 6.07) is -10.9. The second-order valence-electron chi connectivity index (χ2n) is 32.9. The number of hydrogen-bond acceptors (Lipinski definition) is 21. The number of urea groups is 2. The molecule has 0 aliphatic carbocycles. The minimum absolute atomic E-state index is 0.0267. The maximum Gasteiger partial charge on any atom is 0.328 e. The zero-order valence-corrected chi connectivity index (χ0v) is 71.4. The topological polar surface area (TPSA) is 469 Å². The molecule has 0 aromatic heterocycles. The van der Waals surface area contributed by atoms with E-state index in [0.717, 1.165) is 69.5 Å². The van der Waals surface area contributed by atoms with Gasteiger partial charge in [-0.25, -0.2) is 67.4 Å². The molecule has 0 spiro atoms. The van der Waals surface area contributed by atoms with Crippen molar-refractivity contribution < 1.29 is 116 Å². The summed E-state index contributed by atoms with van der Waals surface area (Å²) in [7, 11) is -8.78. The van der Waals surface area contributed by atoms with Gasteiger partial charge in [0.25, 0.3) is 0 Å². The molecule has 8 saturated heterocycles. The van der Waals surface area contributed by atoms with Gasteiger partial charge >= 0.3 is 24.0 Å². The molecule has 3 unspecified atom stereocenters. The van der Waals surface area contributed by atoms with E-state index in [0.29, 0.717) is 31.7 Å². The van der Waals surface area contributed by atoms with E-state index in [2.05, 4.69) is 52.0 Å². The third kappa shape index (κ3) is 23.4. The highest BCUT2D eigenvalue weighted by Crippen LogP contribution is 2.34. The maximum absolute atomic E-state index is 15.8. The van der Waals surface area contributed by atoms with Crippen molar-refractivity contribution in [2.75, 3.05) is 75.1 Å². The van der Waals surface area contributed by atoms with Crippen molar-refractivity contribution in [3.8, 4) is 0 Å². The fourth-order valence-electron chi connectivity index (χ4n) is 17.5. The largest absolute Gasteiger partial charge is 0.461 e. The molecule has 4 aromatic carbocycles. The number of nitrogens with one attached hydrogen (secondary N) is 10. The first-order chi connectivity index (χ1) is 59.1. The van der Waals surface area contributed by atoms with Crippen LogP contribution < -0.4 is 52.0 Å². The number of hydrogen-bond donors (Lipinski definition) is 11. The Morgan fingerprint density at radius 1 is 0.528 bits per heavy atom. The second kappa shape index (κ2) is 40.0. The Morgan fingerprint density at radius 2 is 1.02 bits per heavy atom. The molecule has 8 aliphatic rings. The van der Waals surface area contributed by atoms with Gasteiger partial charge in [0.2, 0.25) is 73.2 Å². The molecule has 17 atom stereocenters. The number of sulfonamides is 2. The molecule has 678 valence electrons. The first kappa shape index (κ1) is 93.7. The Kier molecular flexibility index (Phi) is 30.0. The molecule has 0 radical (unpaired) electrons. The first-order valence-electron chi connectivity index (χ1n) is 40.9. The molecule has 8 heterocycles. The summed E-state index contributed by atoms with van der Waals surface area (Å²) in [5, 5.41) is 31.5. The van der Waals surface area contributed by atoms with Crippen LogP contribution in [0.25, 0.3) is 0 Å². The molecule has 12 rings (SSSR count). The summed E-state index contributed by atoms with van der Waals surface area (Å²) in [6.07, 6.45) is -2.03. The van der Waals surface area contributed by atoms with Gasteiger partial charge in [-0.1, -0.05) is 42.3 Å². The molecule has 0 bridgehead atoms. The number of piperidine rings is 2. The van der Waals surface area contributed by atoms with Gasteiger partial charge in [0.1, 0.15) is 109 Å². The highest BCUT2D eigenvalue weighted by atomic mass is 35.5. The number of carbonyl (C=O) groups excluding carboxylic acids is 13. The minimum Gasteiger partial charge on any atom is -0.461 e. The van der Waals surface area contributed by atoms with Gasteiger partial charge in [0.05, 0.1) is 35.5 Å². The zero-order chi connectivity index (χ0) is 90.4. The molecule has 36 nitrogen and oxygen atoms in total. The SMILES string of the molecule is C[C@@H]1C[C@H]2C(=O)OC[C@H](NC(=O)[C@H](Cc3cc(F)cc(F)c3)NC(=O)Nc3ccc(Cl)cc3F)C(=O)N3CC(NS(=O)(=O)CC[C@@H]4C[C@H]5C(=O)OC[C@H](NC(=O)[C@H](Cc6cccc(F)c6)NC(=O)Nc6ccc(Cl)cc6F)C(=O)N6CC(NS(C)(=O)=O)C[C@H]6C(=O)N6CCCC[C@H]6C(=O)N[C@@H](C)C(=O)N5C4)C[C@H]3C(=O)N3CCCC[C@H]3C(O)N[C@@H](C)C(=O)N2C1. The first-order valence-corrected chi connectivity index (χ1v) is 45.2. The number of esters is 2. The molecular formula is C80H97Cl2F5N16O20S2. The third-order valence-corrected chi connectivity index (χ3v) is 26.1. The number of aliphatic hydroxyl groups excluding tert-OH is 1. The molecule has 45 heteroatoms. The Labute approximate surface area is 725 Å². The number of rotatable bonds is 19. The number of fused-ring (bicyclic) bond motifs is 6. The summed E-state index contributed by atoms with van der Waals surface area (Å²) in [6.45, 7) is 0.512. The van der Waals surface area contributed by atoms with Gasteiger partial charge in [-0.2, -0.15) is 0 Å². The van der Waals surface area contributed by atoms with Crippen molar-refractivity contribution in [3.63, 3.8) is 0 Å². The summed E-state index contributed by atoms with van der Waals surface area (Å²) in [4.78, 5) is 199. The number of anilines is 2. The molecule has 8 fully saturated rings. The smallest absolute Gasteiger partial charge is 0.328 e. The zero-order valence-electron chi connectivity index (χ0n) is 68.2. The average Bonchev–Trinajstić information content (AvgIpc) is 1.70. The van der Waals surface area contributed by atoms with E-state index >= 15 is 32.8 Å². The fourth-order valence-corrected chi connectivity index (χ4v) is 20.0. The van der Waals surface area contributed by atoms with Crippen LogP contribution in [0.15, 0.2) is 78.9 Å². The van der Waals surface area contributed by atoms with Crippen LogP contribution in [-0.2, 0) is 95.1 Å².